The highest BCUT2D eigenvalue weighted by atomic mass is 32.2. The Balaban J connectivity index is 1.80. The first-order valence-electron chi connectivity index (χ1n) is 10.0. The monoisotopic (exact) mass is 440 g/mol. The minimum Gasteiger partial charge on any atom is -0.348 e. The van der Waals surface area contributed by atoms with E-state index in [4.69, 9.17) is 0 Å². The van der Waals surface area contributed by atoms with Gasteiger partial charge in [0.1, 0.15) is 0 Å². The molecular formula is C23H28N4O3S. The Kier molecular flexibility index (Phi) is 6.62. The molecule has 1 aromatic heterocycles. The summed E-state index contributed by atoms with van der Waals surface area (Å²) < 4.78 is 28.9. The molecule has 0 atom stereocenters. The number of sulfonamides is 1. The van der Waals surface area contributed by atoms with Gasteiger partial charge in [-0.15, -0.1) is 0 Å². The summed E-state index contributed by atoms with van der Waals surface area (Å²) >= 11 is 0. The van der Waals surface area contributed by atoms with Gasteiger partial charge in [-0.25, -0.2) is 13.1 Å². The van der Waals surface area contributed by atoms with Crippen molar-refractivity contribution in [3.05, 3.63) is 81.7 Å². The lowest BCUT2D eigenvalue weighted by molar-refractivity contribution is 0.0950. The van der Waals surface area contributed by atoms with Crippen molar-refractivity contribution in [2.75, 3.05) is 7.05 Å². The molecule has 0 saturated carbocycles. The number of hydrogen-bond acceptors (Lipinski definition) is 4. The maximum atomic E-state index is 12.8. The summed E-state index contributed by atoms with van der Waals surface area (Å²) in [6.07, 6.45) is 0. The molecule has 0 unspecified atom stereocenters. The van der Waals surface area contributed by atoms with E-state index in [9.17, 15) is 13.2 Å². The molecule has 31 heavy (non-hydrogen) atoms. The number of rotatable bonds is 7. The van der Waals surface area contributed by atoms with Crippen LogP contribution in [0.3, 0.4) is 0 Å². The standard InChI is InChI=1S/C23H28N4O3S/c1-15-11-20(12-22(16(15)2)31(29,30)24-5)23(28)25-13-21-17(3)26-27(18(21)4)14-19-9-7-6-8-10-19/h6-12,24H,13-14H2,1-5H3,(H,25,28). The Hall–Kier alpha value is -2.97. The van der Waals surface area contributed by atoms with Crippen molar-refractivity contribution in [3.63, 3.8) is 0 Å². The predicted octanol–water partition coefficient (Wildman–Crippen LogP) is 3.00. The lowest BCUT2D eigenvalue weighted by Gasteiger charge is -2.13. The van der Waals surface area contributed by atoms with Gasteiger partial charge in [-0.3, -0.25) is 9.48 Å². The number of nitrogens with zero attached hydrogens (tertiary/aromatic N) is 2. The highest BCUT2D eigenvalue weighted by molar-refractivity contribution is 7.89. The molecule has 0 spiro atoms. The van der Waals surface area contributed by atoms with Crippen LogP contribution in [-0.4, -0.2) is 31.2 Å². The van der Waals surface area contributed by atoms with E-state index in [1.165, 1.54) is 13.1 Å². The lowest BCUT2D eigenvalue weighted by atomic mass is 10.1. The molecule has 8 heteroatoms. The first kappa shape index (κ1) is 22.7. The molecule has 7 nitrogen and oxygen atoms in total. The van der Waals surface area contributed by atoms with Crippen LogP contribution in [-0.2, 0) is 23.1 Å². The van der Waals surface area contributed by atoms with Gasteiger partial charge in [0.05, 0.1) is 17.1 Å². The fourth-order valence-corrected chi connectivity index (χ4v) is 4.58. The molecule has 0 saturated heterocycles. The second-order valence-corrected chi connectivity index (χ2v) is 9.45. The van der Waals surface area contributed by atoms with Crippen molar-refractivity contribution >= 4 is 15.9 Å². The molecule has 0 aliphatic heterocycles. The normalized spacial score (nSPS) is 11.5. The van der Waals surface area contributed by atoms with E-state index in [2.05, 4.69) is 27.3 Å². The zero-order valence-corrected chi connectivity index (χ0v) is 19.3. The number of nitrogens with one attached hydrogen (secondary N) is 2. The van der Waals surface area contributed by atoms with E-state index in [-0.39, 0.29) is 10.8 Å². The Morgan fingerprint density at radius 3 is 2.39 bits per heavy atom. The van der Waals surface area contributed by atoms with Crippen LogP contribution in [0.25, 0.3) is 0 Å². The second kappa shape index (κ2) is 9.03. The van der Waals surface area contributed by atoms with Gasteiger partial charge in [-0.1, -0.05) is 30.3 Å². The average molecular weight is 441 g/mol. The number of carbonyl (C=O) groups excluding carboxylic acids is 1. The summed E-state index contributed by atoms with van der Waals surface area (Å²) in [4.78, 5) is 12.9. The van der Waals surface area contributed by atoms with Crippen molar-refractivity contribution in [2.45, 2.75) is 45.7 Å². The first-order chi connectivity index (χ1) is 14.6. The zero-order valence-electron chi connectivity index (χ0n) is 18.5. The van der Waals surface area contributed by atoms with Gasteiger partial charge in [0.15, 0.2) is 0 Å². The van der Waals surface area contributed by atoms with Crippen LogP contribution >= 0.6 is 0 Å². The fourth-order valence-electron chi connectivity index (χ4n) is 3.52. The van der Waals surface area contributed by atoms with Gasteiger partial charge >= 0.3 is 0 Å². The van der Waals surface area contributed by atoms with Crippen molar-refractivity contribution in [3.8, 4) is 0 Å². The smallest absolute Gasteiger partial charge is 0.251 e. The van der Waals surface area contributed by atoms with Gasteiger partial charge in [-0.05, 0) is 63.6 Å². The Morgan fingerprint density at radius 1 is 1.06 bits per heavy atom. The van der Waals surface area contributed by atoms with E-state index >= 15 is 0 Å². The van der Waals surface area contributed by atoms with Crippen LogP contribution in [0.4, 0.5) is 0 Å². The number of aryl methyl sites for hydroxylation is 2. The molecule has 0 radical (unpaired) electrons. The Labute approximate surface area is 183 Å². The Bertz CT molecular complexity index is 1220. The maximum Gasteiger partial charge on any atom is 0.251 e. The quantitative estimate of drug-likeness (QED) is 0.591. The summed E-state index contributed by atoms with van der Waals surface area (Å²) in [5, 5.41) is 7.53. The van der Waals surface area contributed by atoms with E-state index in [0.29, 0.717) is 24.2 Å². The van der Waals surface area contributed by atoms with Gasteiger partial charge in [-0.2, -0.15) is 5.10 Å². The van der Waals surface area contributed by atoms with Crippen molar-refractivity contribution in [2.24, 2.45) is 0 Å². The number of amides is 1. The number of hydrogen-bond donors (Lipinski definition) is 2. The van der Waals surface area contributed by atoms with Gasteiger partial charge in [0, 0.05) is 23.4 Å². The third kappa shape index (κ3) is 4.86. The van der Waals surface area contributed by atoms with Crippen LogP contribution < -0.4 is 10.0 Å². The summed E-state index contributed by atoms with van der Waals surface area (Å²) in [7, 11) is -2.30. The topological polar surface area (TPSA) is 93.1 Å². The average Bonchev–Trinajstić information content (AvgIpc) is 3.01. The molecule has 1 amide bonds. The van der Waals surface area contributed by atoms with E-state index < -0.39 is 10.0 Å². The van der Waals surface area contributed by atoms with Gasteiger partial charge in [0.25, 0.3) is 5.91 Å². The third-order valence-corrected chi connectivity index (χ3v) is 7.11. The number of aromatic nitrogens is 2. The molecule has 0 bridgehead atoms. The molecule has 164 valence electrons. The molecule has 0 aliphatic rings. The second-order valence-electron chi connectivity index (χ2n) is 7.60. The van der Waals surface area contributed by atoms with Gasteiger partial charge in [0.2, 0.25) is 10.0 Å². The minimum absolute atomic E-state index is 0.114. The molecule has 0 aliphatic carbocycles. The molecule has 0 fully saturated rings. The van der Waals surface area contributed by atoms with Crippen molar-refractivity contribution in [1.29, 1.82) is 0 Å². The SMILES string of the molecule is CNS(=O)(=O)c1cc(C(=O)NCc2c(C)nn(Cc3ccccc3)c2C)cc(C)c1C. The summed E-state index contributed by atoms with van der Waals surface area (Å²) in [6.45, 7) is 8.40. The third-order valence-electron chi connectivity index (χ3n) is 5.57. The first-order valence-corrected chi connectivity index (χ1v) is 11.5. The molecule has 1 heterocycles. The molecule has 2 N–H and O–H groups in total. The lowest BCUT2D eigenvalue weighted by Crippen LogP contribution is -2.25. The molecule has 3 aromatic rings. The number of carbonyl (C=O) groups is 1. The van der Waals surface area contributed by atoms with Crippen LogP contribution in [0, 0.1) is 27.7 Å². The highest BCUT2D eigenvalue weighted by Gasteiger charge is 2.20. The van der Waals surface area contributed by atoms with E-state index in [1.54, 1.807) is 19.9 Å². The predicted molar refractivity (Wildman–Crippen MR) is 121 cm³/mol. The van der Waals surface area contributed by atoms with E-state index in [1.807, 2.05) is 36.7 Å². The molecular weight excluding hydrogens is 412 g/mol. The zero-order chi connectivity index (χ0) is 22.8. The van der Waals surface area contributed by atoms with Gasteiger partial charge < -0.3 is 5.32 Å². The minimum atomic E-state index is -3.66. The summed E-state index contributed by atoms with van der Waals surface area (Å²) in [6, 6.07) is 13.2. The molecule has 3 rings (SSSR count). The summed E-state index contributed by atoms with van der Waals surface area (Å²) in [5.74, 6) is -0.328. The van der Waals surface area contributed by atoms with Crippen LogP contribution in [0.1, 0.15) is 44.0 Å². The fraction of sp³-hybridized carbons (Fsp3) is 0.304. The number of benzene rings is 2. The maximum absolute atomic E-state index is 12.8. The van der Waals surface area contributed by atoms with E-state index in [0.717, 1.165) is 28.1 Å². The Morgan fingerprint density at radius 2 is 1.74 bits per heavy atom. The largest absolute Gasteiger partial charge is 0.348 e. The van der Waals surface area contributed by atoms with Crippen molar-refractivity contribution in [1.82, 2.24) is 19.8 Å². The van der Waals surface area contributed by atoms with Crippen LogP contribution in [0.5, 0.6) is 0 Å². The van der Waals surface area contributed by atoms with Crippen LogP contribution in [0.15, 0.2) is 47.4 Å². The summed E-state index contributed by atoms with van der Waals surface area (Å²) in [5.41, 5.74) is 5.62. The highest BCUT2D eigenvalue weighted by Crippen LogP contribution is 2.21. The van der Waals surface area contributed by atoms with Crippen LogP contribution in [0.2, 0.25) is 0 Å². The van der Waals surface area contributed by atoms with Crippen molar-refractivity contribution < 1.29 is 13.2 Å². The molecule has 2 aromatic carbocycles.